The number of aromatic hydroxyl groups is 1. The minimum absolute atomic E-state index is 0.0481. The van der Waals surface area contributed by atoms with Crippen molar-refractivity contribution in [1.82, 2.24) is 5.32 Å². The maximum atomic E-state index is 12.2. The Labute approximate surface area is 188 Å². The van der Waals surface area contributed by atoms with Gasteiger partial charge in [-0.05, 0) is 34.4 Å². The van der Waals surface area contributed by atoms with E-state index < -0.39 is 18.2 Å². The van der Waals surface area contributed by atoms with E-state index in [4.69, 9.17) is 4.74 Å². The highest BCUT2D eigenvalue weighted by Gasteiger charge is 2.31. The van der Waals surface area contributed by atoms with Gasteiger partial charge in [-0.25, -0.2) is 4.79 Å². The van der Waals surface area contributed by atoms with Crippen LogP contribution in [0.5, 0.6) is 11.5 Å². The molecule has 0 unspecified atom stereocenters. The number of alkyl carbamates (subject to hydrolysis) is 1. The molecule has 170 valence electrons. The van der Waals surface area contributed by atoms with E-state index in [1.165, 1.54) is 12.1 Å². The summed E-state index contributed by atoms with van der Waals surface area (Å²) in [5.41, 5.74) is 4.77. The molecule has 8 heteroatoms. The van der Waals surface area contributed by atoms with Crippen molar-refractivity contribution in [2.45, 2.75) is 12.3 Å². The number of phenols is 1. The van der Waals surface area contributed by atoms with Crippen molar-refractivity contribution < 1.29 is 32.5 Å². The number of carbonyl (C=O) groups is 1. The molecule has 0 saturated carbocycles. The number of rotatable bonds is 6. The first kappa shape index (κ1) is 22.3. The molecule has 2 N–H and O–H groups in total. The highest BCUT2D eigenvalue weighted by Crippen LogP contribution is 2.44. The Morgan fingerprint density at radius 2 is 1.64 bits per heavy atom. The highest BCUT2D eigenvalue weighted by atomic mass is 19.4. The van der Waals surface area contributed by atoms with Gasteiger partial charge in [0.15, 0.2) is 0 Å². The number of halogens is 3. The third-order valence-corrected chi connectivity index (χ3v) is 5.24. The number of amides is 1. The van der Waals surface area contributed by atoms with Gasteiger partial charge in [0, 0.05) is 24.1 Å². The molecular weight excluding hydrogens is 435 g/mol. The van der Waals surface area contributed by atoms with Crippen molar-refractivity contribution >= 4 is 12.2 Å². The summed E-state index contributed by atoms with van der Waals surface area (Å²) in [6.07, 6.45) is -2.42. The molecule has 4 rings (SSSR count). The summed E-state index contributed by atoms with van der Waals surface area (Å²) in [5.74, 6) is -0.948. The van der Waals surface area contributed by atoms with Crippen LogP contribution in [0, 0.1) is 0 Å². The van der Waals surface area contributed by atoms with Gasteiger partial charge in [0.2, 0.25) is 0 Å². The van der Waals surface area contributed by atoms with Crippen molar-refractivity contribution in [3.05, 3.63) is 89.5 Å². The van der Waals surface area contributed by atoms with Crippen LogP contribution in [0.4, 0.5) is 18.0 Å². The Kier molecular flexibility index (Phi) is 6.26. The van der Waals surface area contributed by atoms with Gasteiger partial charge in [-0.1, -0.05) is 60.7 Å². The average Bonchev–Trinajstić information content (AvgIpc) is 3.09. The van der Waals surface area contributed by atoms with Crippen LogP contribution in [0.2, 0.25) is 0 Å². The van der Waals surface area contributed by atoms with E-state index in [9.17, 15) is 23.1 Å². The monoisotopic (exact) mass is 455 g/mol. The quantitative estimate of drug-likeness (QED) is 0.490. The fourth-order valence-electron chi connectivity index (χ4n) is 3.84. The first-order valence-electron chi connectivity index (χ1n) is 10.2. The van der Waals surface area contributed by atoms with Gasteiger partial charge in [0.05, 0.1) is 0 Å². The van der Waals surface area contributed by atoms with Gasteiger partial charge >= 0.3 is 12.5 Å². The van der Waals surface area contributed by atoms with E-state index in [2.05, 4.69) is 22.2 Å². The molecule has 1 aliphatic carbocycles. The summed E-state index contributed by atoms with van der Waals surface area (Å²) in [7, 11) is 0. The molecule has 0 aliphatic heterocycles. The lowest BCUT2D eigenvalue weighted by Crippen LogP contribution is -2.26. The second-order valence-electron chi connectivity index (χ2n) is 7.38. The summed E-state index contributed by atoms with van der Waals surface area (Å²) in [6.45, 7) is 0.294. The average molecular weight is 455 g/mol. The van der Waals surface area contributed by atoms with E-state index in [1.54, 1.807) is 6.08 Å². The van der Waals surface area contributed by atoms with Crippen molar-refractivity contribution in [2.75, 3.05) is 13.2 Å². The maximum absolute atomic E-state index is 12.2. The molecule has 5 nitrogen and oxygen atoms in total. The van der Waals surface area contributed by atoms with Gasteiger partial charge in [0.25, 0.3) is 0 Å². The van der Waals surface area contributed by atoms with Crippen LogP contribution < -0.4 is 10.1 Å². The summed E-state index contributed by atoms with van der Waals surface area (Å²) < 4.78 is 45.9. The summed E-state index contributed by atoms with van der Waals surface area (Å²) in [4.78, 5) is 12.1. The summed E-state index contributed by atoms with van der Waals surface area (Å²) >= 11 is 0. The molecule has 0 bridgehead atoms. The third kappa shape index (κ3) is 5.28. The van der Waals surface area contributed by atoms with E-state index in [0.717, 1.165) is 34.4 Å². The smallest absolute Gasteiger partial charge is 0.507 e. The van der Waals surface area contributed by atoms with Crippen LogP contribution in [0.15, 0.2) is 72.8 Å². The van der Waals surface area contributed by atoms with Gasteiger partial charge in [-0.15, -0.1) is 13.2 Å². The van der Waals surface area contributed by atoms with E-state index in [1.807, 2.05) is 36.4 Å². The number of carbonyl (C=O) groups excluding carboxylic acids is 1. The lowest BCUT2D eigenvalue weighted by molar-refractivity contribution is -0.274. The lowest BCUT2D eigenvalue weighted by atomic mass is 9.98. The number of phenolic OH excluding ortho intramolecular Hbond substituents is 1. The van der Waals surface area contributed by atoms with E-state index >= 15 is 0 Å². The Bertz CT molecular complexity index is 1140. The highest BCUT2D eigenvalue weighted by molar-refractivity contribution is 5.79. The van der Waals surface area contributed by atoms with E-state index in [0.29, 0.717) is 0 Å². The molecule has 0 atom stereocenters. The van der Waals surface area contributed by atoms with Gasteiger partial charge in [-0.3, -0.25) is 0 Å². The molecule has 0 spiro atoms. The Morgan fingerprint density at radius 3 is 2.24 bits per heavy atom. The molecule has 0 radical (unpaired) electrons. The fraction of sp³-hybridized carbons (Fsp3) is 0.160. The summed E-state index contributed by atoms with van der Waals surface area (Å²) in [6, 6.07) is 19.3. The maximum Gasteiger partial charge on any atom is 0.573 e. The normalized spacial score (nSPS) is 12.9. The minimum atomic E-state index is -4.84. The number of nitrogens with one attached hydrogen (secondary N) is 1. The van der Waals surface area contributed by atoms with Crippen LogP contribution in [0.1, 0.15) is 22.6 Å². The fourth-order valence-corrected chi connectivity index (χ4v) is 3.84. The Balaban J connectivity index is 1.30. The van der Waals surface area contributed by atoms with Crippen LogP contribution in [-0.4, -0.2) is 30.7 Å². The number of fused-ring (bicyclic) bond motifs is 3. The number of benzene rings is 3. The van der Waals surface area contributed by atoms with Gasteiger partial charge in [-0.2, -0.15) is 0 Å². The summed E-state index contributed by atoms with van der Waals surface area (Å²) in [5, 5.41) is 12.4. The zero-order valence-electron chi connectivity index (χ0n) is 17.3. The molecule has 1 aliphatic rings. The zero-order valence-corrected chi connectivity index (χ0v) is 17.3. The molecule has 0 saturated heterocycles. The molecule has 0 heterocycles. The van der Waals surface area contributed by atoms with Crippen molar-refractivity contribution in [3.8, 4) is 22.6 Å². The predicted octanol–water partition coefficient (Wildman–Crippen LogP) is 5.84. The lowest BCUT2D eigenvalue weighted by Gasteiger charge is -2.14. The van der Waals surface area contributed by atoms with E-state index in [-0.39, 0.29) is 30.4 Å². The number of ether oxygens (including phenoxy) is 2. The van der Waals surface area contributed by atoms with Crippen LogP contribution in [0.3, 0.4) is 0 Å². The molecule has 33 heavy (non-hydrogen) atoms. The standard InChI is InChI=1S/C25H20F3NO4/c26-25(27,28)33-17-12-11-16(23(30)14-17)6-5-13-29-24(31)32-15-22-20-9-3-1-7-18(20)19-8-2-4-10-21(19)22/h1-12,14,22,30H,13,15H2,(H,29,31). The first-order valence-corrected chi connectivity index (χ1v) is 10.2. The third-order valence-electron chi connectivity index (χ3n) is 5.24. The SMILES string of the molecule is O=C(NCC=Cc1ccc(OC(F)(F)F)cc1O)OCC1c2ccccc2-c2ccccc21. The molecule has 1 amide bonds. The van der Waals surface area contributed by atoms with Crippen molar-refractivity contribution in [1.29, 1.82) is 0 Å². The molecule has 0 fully saturated rings. The number of hydrogen-bond donors (Lipinski definition) is 2. The molecular formula is C25H20F3NO4. The van der Waals surface area contributed by atoms with Crippen molar-refractivity contribution in [3.63, 3.8) is 0 Å². The number of alkyl halides is 3. The predicted molar refractivity (Wildman–Crippen MR) is 117 cm³/mol. The molecule has 3 aromatic carbocycles. The van der Waals surface area contributed by atoms with Crippen LogP contribution >= 0.6 is 0 Å². The Morgan fingerprint density at radius 1 is 1.00 bits per heavy atom. The second kappa shape index (κ2) is 9.28. The minimum Gasteiger partial charge on any atom is -0.507 e. The first-order chi connectivity index (χ1) is 15.8. The number of hydrogen-bond acceptors (Lipinski definition) is 4. The largest absolute Gasteiger partial charge is 0.573 e. The van der Waals surface area contributed by atoms with Gasteiger partial charge < -0.3 is 19.9 Å². The second-order valence-corrected chi connectivity index (χ2v) is 7.38. The van der Waals surface area contributed by atoms with Crippen LogP contribution in [-0.2, 0) is 4.74 Å². The zero-order chi connectivity index (χ0) is 23.4. The van der Waals surface area contributed by atoms with Crippen molar-refractivity contribution in [2.24, 2.45) is 0 Å². The topological polar surface area (TPSA) is 67.8 Å². The molecule has 0 aromatic heterocycles. The van der Waals surface area contributed by atoms with Crippen LogP contribution in [0.25, 0.3) is 17.2 Å². The van der Waals surface area contributed by atoms with Gasteiger partial charge in [0.1, 0.15) is 18.1 Å². The molecule has 3 aromatic rings. The Hall–Kier alpha value is -3.94.